The van der Waals surface area contributed by atoms with Crippen molar-refractivity contribution in [2.75, 3.05) is 18.9 Å². The van der Waals surface area contributed by atoms with Crippen molar-refractivity contribution in [3.8, 4) is 5.75 Å². The number of para-hydroxylation sites is 2. The summed E-state index contributed by atoms with van der Waals surface area (Å²) < 4.78 is 5.41. The third kappa shape index (κ3) is 7.20. The minimum Gasteiger partial charge on any atom is -0.491 e. The number of carbonyl (C=O) groups excluding carboxylic acids is 2. The van der Waals surface area contributed by atoms with Gasteiger partial charge in [0.1, 0.15) is 5.75 Å². The average Bonchev–Trinajstić information content (AvgIpc) is 2.37. The van der Waals surface area contributed by atoms with Crippen LogP contribution in [0.5, 0.6) is 5.75 Å². The minimum absolute atomic E-state index is 0.0381. The van der Waals surface area contributed by atoms with Crippen LogP contribution < -0.4 is 21.1 Å². The summed E-state index contributed by atoms with van der Waals surface area (Å²) in [6.07, 6.45) is 0.164. The molecule has 21 heavy (non-hydrogen) atoms. The third-order valence-corrected chi connectivity index (χ3v) is 2.47. The molecule has 0 saturated heterocycles. The van der Waals surface area contributed by atoms with Crippen LogP contribution in [0.3, 0.4) is 0 Å². The van der Waals surface area contributed by atoms with Crippen molar-refractivity contribution in [3.05, 3.63) is 24.3 Å². The molecule has 0 aromatic heterocycles. The van der Waals surface area contributed by atoms with Crippen molar-refractivity contribution in [1.82, 2.24) is 10.6 Å². The maximum Gasteiger partial charge on any atom is 0.239 e. The van der Waals surface area contributed by atoms with E-state index in [9.17, 15) is 9.59 Å². The number of anilines is 1. The van der Waals surface area contributed by atoms with Crippen molar-refractivity contribution >= 4 is 17.5 Å². The van der Waals surface area contributed by atoms with Crippen LogP contribution in [0.15, 0.2) is 24.3 Å². The highest BCUT2D eigenvalue weighted by Gasteiger charge is 2.14. The fourth-order valence-corrected chi connectivity index (χ4v) is 1.60. The van der Waals surface area contributed by atoms with E-state index in [1.54, 1.807) is 12.1 Å². The van der Waals surface area contributed by atoms with Crippen molar-refractivity contribution in [1.29, 1.82) is 0 Å². The molecule has 1 aromatic rings. The van der Waals surface area contributed by atoms with Gasteiger partial charge in [-0.05, 0) is 32.9 Å². The Morgan fingerprint density at radius 1 is 1.19 bits per heavy atom. The van der Waals surface area contributed by atoms with Crippen LogP contribution in [0.25, 0.3) is 0 Å². The third-order valence-electron chi connectivity index (χ3n) is 2.47. The first kappa shape index (κ1) is 16.8. The van der Waals surface area contributed by atoms with Crippen LogP contribution in [-0.2, 0) is 9.59 Å². The highest BCUT2D eigenvalue weighted by molar-refractivity contribution is 5.85. The Bertz CT molecular complexity index is 495. The number of hydrogen-bond acceptors (Lipinski definition) is 4. The maximum atomic E-state index is 11.6. The molecule has 0 unspecified atom stereocenters. The summed E-state index contributed by atoms with van der Waals surface area (Å²) in [6.45, 7) is 5.81. The second-order valence-electron chi connectivity index (χ2n) is 5.71. The van der Waals surface area contributed by atoms with E-state index in [4.69, 9.17) is 10.5 Å². The molecular formula is C15H23N3O3. The first-order valence-corrected chi connectivity index (χ1v) is 6.83. The highest BCUT2D eigenvalue weighted by Crippen LogP contribution is 2.19. The lowest BCUT2D eigenvalue weighted by Gasteiger charge is -2.20. The minimum atomic E-state index is -0.310. The number of nitrogens with two attached hydrogens (primary N) is 1. The highest BCUT2D eigenvalue weighted by atomic mass is 16.5. The van der Waals surface area contributed by atoms with Crippen LogP contribution in [0.1, 0.15) is 27.2 Å². The van der Waals surface area contributed by atoms with Gasteiger partial charge in [0.05, 0.1) is 25.3 Å². The molecule has 0 aliphatic rings. The molecule has 6 heteroatoms. The van der Waals surface area contributed by atoms with Crippen molar-refractivity contribution < 1.29 is 14.3 Å². The normalized spacial score (nSPS) is 10.8. The van der Waals surface area contributed by atoms with Crippen LogP contribution in [0, 0.1) is 0 Å². The first-order valence-electron chi connectivity index (χ1n) is 6.83. The summed E-state index contributed by atoms with van der Waals surface area (Å²) in [4.78, 5) is 23.1. The van der Waals surface area contributed by atoms with Crippen LogP contribution in [0.4, 0.5) is 5.69 Å². The molecule has 1 aromatic carbocycles. The number of amides is 2. The smallest absolute Gasteiger partial charge is 0.239 e. The Morgan fingerprint density at radius 2 is 1.86 bits per heavy atom. The second-order valence-corrected chi connectivity index (χ2v) is 5.71. The molecule has 2 amide bonds. The second kappa shape index (κ2) is 7.52. The number of rotatable bonds is 6. The van der Waals surface area contributed by atoms with Gasteiger partial charge in [-0.2, -0.15) is 0 Å². The van der Waals surface area contributed by atoms with E-state index < -0.39 is 0 Å². The molecule has 0 aliphatic heterocycles. The Labute approximate surface area is 125 Å². The lowest BCUT2D eigenvalue weighted by Crippen LogP contribution is -2.45. The first-order chi connectivity index (χ1) is 9.78. The zero-order chi connectivity index (χ0) is 15.9. The summed E-state index contributed by atoms with van der Waals surface area (Å²) in [5.74, 6) is 0.0911. The molecule has 1 rings (SSSR count). The fourth-order valence-electron chi connectivity index (χ4n) is 1.60. The quantitative estimate of drug-likeness (QED) is 0.684. The van der Waals surface area contributed by atoms with Crippen molar-refractivity contribution in [2.24, 2.45) is 0 Å². The number of nitrogens with one attached hydrogen (secondary N) is 2. The summed E-state index contributed by atoms with van der Waals surface area (Å²) >= 11 is 0. The fraction of sp³-hybridized carbons (Fsp3) is 0.467. The Balaban J connectivity index is 2.23. The zero-order valence-corrected chi connectivity index (χ0v) is 12.7. The largest absolute Gasteiger partial charge is 0.491 e. The number of benzene rings is 1. The van der Waals surface area contributed by atoms with Gasteiger partial charge in [-0.1, -0.05) is 12.1 Å². The molecule has 0 radical (unpaired) electrons. The van der Waals surface area contributed by atoms with E-state index >= 15 is 0 Å². The van der Waals surface area contributed by atoms with E-state index in [-0.39, 0.29) is 36.9 Å². The maximum absolute atomic E-state index is 11.6. The summed E-state index contributed by atoms with van der Waals surface area (Å²) in [5.41, 5.74) is 5.94. The van der Waals surface area contributed by atoms with Gasteiger partial charge in [0.25, 0.3) is 0 Å². The van der Waals surface area contributed by atoms with Gasteiger partial charge in [-0.25, -0.2) is 0 Å². The number of carbonyl (C=O) groups is 2. The average molecular weight is 293 g/mol. The molecule has 0 atom stereocenters. The van der Waals surface area contributed by atoms with Crippen LogP contribution in [-0.4, -0.2) is 30.5 Å². The Kier molecular flexibility index (Phi) is 6.02. The van der Waals surface area contributed by atoms with Gasteiger partial charge < -0.3 is 21.1 Å². The Morgan fingerprint density at radius 3 is 2.48 bits per heavy atom. The topological polar surface area (TPSA) is 93.5 Å². The molecular weight excluding hydrogens is 270 g/mol. The monoisotopic (exact) mass is 293 g/mol. The molecule has 0 heterocycles. The molecule has 4 N–H and O–H groups in total. The lowest BCUT2D eigenvalue weighted by molar-refractivity contribution is -0.127. The van der Waals surface area contributed by atoms with E-state index in [1.807, 2.05) is 32.9 Å². The summed E-state index contributed by atoms with van der Waals surface area (Å²) in [7, 11) is 0. The molecule has 0 saturated carbocycles. The molecule has 0 aliphatic carbocycles. The SMILES string of the molecule is CC(C)(C)NC(=O)CNC(=O)CCOc1ccccc1N. The predicted molar refractivity (Wildman–Crippen MR) is 81.9 cm³/mol. The van der Waals surface area contributed by atoms with Gasteiger partial charge in [0, 0.05) is 5.54 Å². The molecule has 0 spiro atoms. The standard InChI is InChI=1S/C15H23N3O3/c1-15(2,3)18-14(20)10-17-13(19)8-9-21-12-7-5-4-6-11(12)16/h4-7H,8-10,16H2,1-3H3,(H,17,19)(H,18,20). The lowest BCUT2D eigenvalue weighted by atomic mass is 10.1. The van der Waals surface area contributed by atoms with E-state index in [1.165, 1.54) is 0 Å². The van der Waals surface area contributed by atoms with E-state index in [2.05, 4.69) is 10.6 Å². The summed E-state index contributed by atoms with van der Waals surface area (Å²) in [6, 6.07) is 7.08. The zero-order valence-electron chi connectivity index (χ0n) is 12.7. The van der Waals surface area contributed by atoms with Gasteiger partial charge in [0.15, 0.2) is 0 Å². The predicted octanol–water partition coefficient (Wildman–Crippen LogP) is 1.07. The van der Waals surface area contributed by atoms with E-state index in [0.717, 1.165) is 0 Å². The van der Waals surface area contributed by atoms with Gasteiger partial charge in [0.2, 0.25) is 11.8 Å². The number of hydrogen-bond donors (Lipinski definition) is 3. The van der Waals surface area contributed by atoms with Gasteiger partial charge in [-0.3, -0.25) is 9.59 Å². The molecule has 116 valence electrons. The van der Waals surface area contributed by atoms with Gasteiger partial charge >= 0.3 is 0 Å². The molecule has 0 bridgehead atoms. The number of nitrogen functional groups attached to an aromatic ring is 1. The molecule has 6 nitrogen and oxygen atoms in total. The summed E-state index contributed by atoms with van der Waals surface area (Å²) in [5, 5.41) is 5.31. The van der Waals surface area contributed by atoms with Crippen LogP contribution >= 0.6 is 0 Å². The van der Waals surface area contributed by atoms with Crippen molar-refractivity contribution in [3.63, 3.8) is 0 Å². The van der Waals surface area contributed by atoms with Crippen LogP contribution in [0.2, 0.25) is 0 Å². The molecule has 0 fully saturated rings. The van der Waals surface area contributed by atoms with E-state index in [0.29, 0.717) is 11.4 Å². The Hall–Kier alpha value is -2.24. The van der Waals surface area contributed by atoms with Gasteiger partial charge in [-0.15, -0.1) is 0 Å². The van der Waals surface area contributed by atoms with Crippen molar-refractivity contribution in [2.45, 2.75) is 32.7 Å². The number of ether oxygens (including phenoxy) is 1.